The fraction of sp³-hybridized carbons (Fsp3) is 0.750. The van der Waals surface area contributed by atoms with Crippen LogP contribution >= 0.6 is 11.3 Å². The van der Waals surface area contributed by atoms with Crippen LogP contribution in [0.15, 0.2) is 11.7 Å². The van der Waals surface area contributed by atoms with Crippen LogP contribution in [0.25, 0.3) is 0 Å². The molecule has 0 bridgehead atoms. The highest BCUT2D eigenvalue weighted by atomic mass is 32.1. The Morgan fingerprint density at radius 3 is 2.47 bits per heavy atom. The van der Waals surface area contributed by atoms with Gasteiger partial charge in [0.2, 0.25) is 0 Å². The van der Waals surface area contributed by atoms with E-state index in [1.807, 2.05) is 11.7 Å². The molecule has 0 aliphatic rings. The second-order valence-corrected chi connectivity index (χ2v) is 5.08. The summed E-state index contributed by atoms with van der Waals surface area (Å²) in [7, 11) is 0. The third-order valence-electron chi connectivity index (χ3n) is 3.15. The van der Waals surface area contributed by atoms with Gasteiger partial charge in [-0.1, -0.05) is 26.7 Å². The van der Waals surface area contributed by atoms with Crippen molar-refractivity contribution in [2.75, 3.05) is 0 Å². The van der Waals surface area contributed by atoms with Gasteiger partial charge in [-0.05, 0) is 19.8 Å². The summed E-state index contributed by atoms with van der Waals surface area (Å²) in [5.41, 5.74) is 1.90. The van der Waals surface area contributed by atoms with Gasteiger partial charge in [-0.3, -0.25) is 4.98 Å². The third-order valence-corrected chi connectivity index (χ3v) is 4.11. The van der Waals surface area contributed by atoms with E-state index in [0.29, 0.717) is 12.1 Å². The Labute approximate surface area is 97.1 Å². The maximum Gasteiger partial charge on any atom is 0.0794 e. The van der Waals surface area contributed by atoms with Crippen molar-refractivity contribution in [3.05, 3.63) is 16.6 Å². The van der Waals surface area contributed by atoms with Crippen LogP contribution in [0.2, 0.25) is 0 Å². The number of thiazole rings is 1. The van der Waals surface area contributed by atoms with E-state index in [9.17, 15) is 0 Å². The highest BCUT2D eigenvalue weighted by Crippen LogP contribution is 2.20. The monoisotopic (exact) mass is 226 g/mol. The fourth-order valence-electron chi connectivity index (χ4n) is 2.05. The molecule has 0 saturated heterocycles. The Morgan fingerprint density at radius 1 is 1.33 bits per heavy atom. The minimum Gasteiger partial charge on any atom is -0.307 e. The maximum absolute atomic E-state index is 4.11. The Hall–Kier alpha value is -0.410. The molecule has 1 N–H and O–H groups in total. The molecule has 2 atom stereocenters. The minimum absolute atomic E-state index is 0.424. The van der Waals surface area contributed by atoms with Gasteiger partial charge in [0, 0.05) is 23.2 Å². The zero-order valence-electron chi connectivity index (χ0n) is 10.2. The predicted molar refractivity (Wildman–Crippen MR) is 67.2 cm³/mol. The van der Waals surface area contributed by atoms with Gasteiger partial charge in [-0.2, -0.15) is 0 Å². The van der Waals surface area contributed by atoms with E-state index in [1.165, 1.54) is 17.7 Å². The molecule has 0 aromatic carbocycles. The molecule has 2 nitrogen and oxygen atoms in total. The number of nitrogens with one attached hydrogen (secondary N) is 1. The lowest BCUT2D eigenvalue weighted by Gasteiger charge is -2.25. The highest BCUT2D eigenvalue weighted by Gasteiger charge is 2.16. The third kappa shape index (κ3) is 3.58. The van der Waals surface area contributed by atoms with Gasteiger partial charge in [0.05, 0.1) is 5.51 Å². The first-order valence-corrected chi connectivity index (χ1v) is 6.71. The zero-order chi connectivity index (χ0) is 11.3. The Kier molecular flexibility index (Phi) is 5.26. The quantitative estimate of drug-likeness (QED) is 0.801. The molecule has 0 fully saturated rings. The first kappa shape index (κ1) is 12.7. The predicted octanol–water partition coefficient (Wildman–Crippen LogP) is 3.62. The lowest BCUT2D eigenvalue weighted by atomic mass is 9.95. The van der Waals surface area contributed by atoms with E-state index >= 15 is 0 Å². The van der Waals surface area contributed by atoms with Crippen molar-refractivity contribution in [2.45, 2.75) is 52.6 Å². The lowest BCUT2D eigenvalue weighted by Crippen LogP contribution is -2.34. The fourth-order valence-corrected chi connectivity index (χ4v) is 2.69. The molecule has 15 heavy (non-hydrogen) atoms. The van der Waals surface area contributed by atoms with Crippen molar-refractivity contribution in [2.24, 2.45) is 5.92 Å². The number of aromatic nitrogens is 1. The second-order valence-electron chi connectivity index (χ2n) is 4.16. The standard InChI is InChI=1S/C12H22N2S/c1-5-11(6-2)9(3)14-10(4)12-7-13-8-15-12/h7-11,14H,5-6H2,1-4H3. The van der Waals surface area contributed by atoms with E-state index < -0.39 is 0 Å². The molecule has 0 amide bonds. The second kappa shape index (κ2) is 6.23. The molecule has 0 aliphatic heterocycles. The van der Waals surface area contributed by atoms with E-state index in [4.69, 9.17) is 0 Å². The summed E-state index contributed by atoms with van der Waals surface area (Å²) in [5, 5.41) is 3.65. The summed E-state index contributed by atoms with van der Waals surface area (Å²) in [4.78, 5) is 5.44. The minimum atomic E-state index is 0.424. The molecule has 1 rings (SSSR count). The summed E-state index contributed by atoms with van der Waals surface area (Å²) in [5.74, 6) is 0.778. The van der Waals surface area contributed by atoms with E-state index in [1.54, 1.807) is 11.3 Å². The van der Waals surface area contributed by atoms with Gasteiger partial charge in [0.1, 0.15) is 0 Å². The van der Waals surface area contributed by atoms with Gasteiger partial charge in [-0.25, -0.2) is 0 Å². The van der Waals surface area contributed by atoms with Crippen molar-refractivity contribution in [3.63, 3.8) is 0 Å². The van der Waals surface area contributed by atoms with Crippen LogP contribution < -0.4 is 5.32 Å². The Morgan fingerprint density at radius 2 is 2.00 bits per heavy atom. The lowest BCUT2D eigenvalue weighted by molar-refractivity contribution is 0.331. The molecule has 86 valence electrons. The van der Waals surface area contributed by atoms with Gasteiger partial charge in [0.15, 0.2) is 0 Å². The van der Waals surface area contributed by atoms with E-state index in [2.05, 4.69) is 38.0 Å². The summed E-state index contributed by atoms with van der Waals surface area (Å²) >= 11 is 1.73. The van der Waals surface area contributed by atoms with Gasteiger partial charge in [-0.15, -0.1) is 11.3 Å². The van der Waals surface area contributed by atoms with Crippen LogP contribution in [0.5, 0.6) is 0 Å². The SMILES string of the molecule is CCC(CC)C(C)NC(C)c1cncs1. The molecule has 0 aliphatic carbocycles. The number of nitrogens with zero attached hydrogens (tertiary/aromatic N) is 1. The van der Waals surface area contributed by atoms with Crippen LogP contribution in [0.4, 0.5) is 0 Å². The molecule has 1 heterocycles. The Bertz CT molecular complexity index is 255. The van der Waals surface area contributed by atoms with Crippen LogP contribution in [-0.2, 0) is 0 Å². The molecule has 3 heteroatoms. The average Bonchev–Trinajstić information content (AvgIpc) is 2.72. The number of hydrogen-bond donors (Lipinski definition) is 1. The summed E-state index contributed by atoms with van der Waals surface area (Å²) < 4.78 is 0. The zero-order valence-corrected chi connectivity index (χ0v) is 11.0. The Balaban J connectivity index is 2.47. The maximum atomic E-state index is 4.11. The molecule has 1 aromatic heterocycles. The van der Waals surface area contributed by atoms with Crippen LogP contribution in [0, 0.1) is 5.92 Å². The molecular formula is C12H22N2S. The first-order valence-electron chi connectivity index (χ1n) is 5.83. The molecule has 0 radical (unpaired) electrons. The van der Waals surface area contributed by atoms with Crippen molar-refractivity contribution in [3.8, 4) is 0 Å². The van der Waals surface area contributed by atoms with Gasteiger partial charge < -0.3 is 5.32 Å². The summed E-state index contributed by atoms with van der Waals surface area (Å²) in [6, 6.07) is 1.00. The van der Waals surface area contributed by atoms with E-state index in [0.717, 1.165) is 5.92 Å². The molecular weight excluding hydrogens is 204 g/mol. The van der Waals surface area contributed by atoms with E-state index in [-0.39, 0.29) is 0 Å². The number of rotatable bonds is 6. The first-order chi connectivity index (χ1) is 7.19. The normalized spacial score (nSPS) is 15.5. The van der Waals surface area contributed by atoms with Gasteiger partial charge >= 0.3 is 0 Å². The molecule has 1 aromatic rings. The van der Waals surface area contributed by atoms with Gasteiger partial charge in [0.25, 0.3) is 0 Å². The van der Waals surface area contributed by atoms with Crippen molar-refractivity contribution >= 4 is 11.3 Å². The smallest absolute Gasteiger partial charge is 0.0794 e. The summed E-state index contributed by atoms with van der Waals surface area (Å²) in [6.07, 6.45) is 4.46. The largest absolute Gasteiger partial charge is 0.307 e. The van der Waals surface area contributed by atoms with Crippen molar-refractivity contribution < 1.29 is 0 Å². The van der Waals surface area contributed by atoms with Crippen molar-refractivity contribution in [1.29, 1.82) is 0 Å². The molecule has 2 unspecified atom stereocenters. The summed E-state index contributed by atoms with van der Waals surface area (Å²) in [6.45, 7) is 9.04. The molecule has 0 saturated carbocycles. The highest BCUT2D eigenvalue weighted by molar-refractivity contribution is 7.09. The van der Waals surface area contributed by atoms with Crippen LogP contribution in [0.1, 0.15) is 51.5 Å². The topological polar surface area (TPSA) is 24.9 Å². The van der Waals surface area contributed by atoms with Crippen molar-refractivity contribution in [1.82, 2.24) is 10.3 Å². The average molecular weight is 226 g/mol. The number of hydrogen-bond acceptors (Lipinski definition) is 3. The molecule has 0 spiro atoms. The van der Waals surface area contributed by atoms with Crippen LogP contribution in [-0.4, -0.2) is 11.0 Å². The van der Waals surface area contributed by atoms with Crippen LogP contribution in [0.3, 0.4) is 0 Å².